The number of halogens is 1. The van der Waals surface area contributed by atoms with Crippen molar-refractivity contribution >= 4 is 27.3 Å². The van der Waals surface area contributed by atoms with Crippen molar-refractivity contribution < 1.29 is 4.79 Å². The van der Waals surface area contributed by atoms with E-state index in [1.807, 2.05) is 36.4 Å². The van der Waals surface area contributed by atoms with Crippen LogP contribution in [0.15, 0.2) is 53.0 Å². The number of ketones is 1. The maximum Gasteiger partial charge on any atom is 0.201 e. The van der Waals surface area contributed by atoms with Gasteiger partial charge >= 0.3 is 0 Å². The van der Waals surface area contributed by atoms with Crippen molar-refractivity contribution in [2.75, 3.05) is 0 Å². The molecule has 1 nitrogen and oxygen atoms in total. The second-order valence-electron chi connectivity index (χ2n) is 4.38. The molecule has 18 heavy (non-hydrogen) atoms. The van der Waals surface area contributed by atoms with Gasteiger partial charge in [0.2, 0.25) is 5.78 Å². The molecule has 2 heteroatoms. The van der Waals surface area contributed by atoms with Crippen LogP contribution in [0.5, 0.6) is 0 Å². The monoisotopic (exact) mass is 298 g/mol. The molecule has 2 aromatic carbocycles. The Morgan fingerprint density at radius 2 is 1.39 bits per heavy atom. The number of allylic oxidation sites excluding steroid dienone is 1. The van der Waals surface area contributed by atoms with Gasteiger partial charge in [-0.15, -0.1) is 0 Å². The van der Waals surface area contributed by atoms with Crippen molar-refractivity contribution in [3.8, 4) is 0 Å². The second kappa shape index (κ2) is 4.21. The molecule has 0 fully saturated rings. The first kappa shape index (κ1) is 11.4. The fourth-order valence-electron chi connectivity index (χ4n) is 2.37. The summed E-state index contributed by atoms with van der Waals surface area (Å²) < 4.78 is 0.665. The molecule has 88 valence electrons. The zero-order valence-electron chi connectivity index (χ0n) is 9.91. The van der Waals surface area contributed by atoms with Crippen LogP contribution in [0.4, 0.5) is 0 Å². The van der Waals surface area contributed by atoms with Crippen LogP contribution < -0.4 is 0 Å². The molecular formula is C16H11BrO. The summed E-state index contributed by atoms with van der Waals surface area (Å²) in [7, 11) is 0. The van der Waals surface area contributed by atoms with E-state index in [1.165, 1.54) is 5.56 Å². The number of hydrogen-bond acceptors (Lipinski definition) is 1. The molecule has 0 bridgehead atoms. The van der Waals surface area contributed by atoms with Gasteiger partial charge in [-0.05, 0) is 39.5 Å². The highest BCUT2D eigenvalue weighted by Gasteiger charge is 2.28. The van der Waals surface area contributed by atoms with Crippen molar-refractivity contribution in [2.45, 2.75) is 6.92 Å². The van der Waals surface area contributed by atoms with E-state index in [1.54, 1.807) is 0 Å². The molecule has 0 saturated heterocycles. The lowest BCUT2D eigenvalue weighted by atomic mass is 9.96. The first-order valence-corrected chi connectivity index (χ1v) is 6.59. The Morgan fingerprint density at radius 1 is 0.833 bits per heavy atom. The molecule has 0 saturated carbocycles. The highest BCUT2D eigenvalue weighted by Crippen LogP contribution is 2.40. The fourth-order valence-corrected chi connectivity index (χ4v) is 3.01. The van der Waals surface area contributed by atoms with E-state index in [4.69, 9.17) is 0 Å². The van der Waals surface area contributed by atoms with Gasteiger partial charge in [0.05, 0.1) is 4.48 Å². The van der Waals surface area contributed by atoms with Gasteiger partial charge in [-0.2, -0.15) is 0 Å². The summed E-state index contributed by atoms with van der Waals surface area (Å²) in [6, 6.07) is 15.9. The van der Waals surface area contributed by atoms with Gasteiger partial charge in [-0.1, -0.05) is 48.5 Å². The maximum atomic E-state index is 12.2. The fraction of sp³-hybridized carbons (Fsp3) is 0.0625. The Labute approximate surface area is 114 Å². The average Bonchev–Trinajstić information content (AvgIpc) is 2.64. The summed E-state index contributed by atoms with van der Waals surface area (Å²) in [4.78, 5) is 12.2. The van der Waals surface area contributed by atoms with Gasteiger partial charge in [0.15, 0.2) is 0 Å². The molecule has 0 atom stereocenters. The Balaban J connectivity index is 2.30. The van der Waals surface area contributed by atoms with Crippen molar-refractivity contribution in [2.24, 2.45) is 0 Å². The van der Waals surface area contributed by atoms with Crippen LogP contribution >= 0.6 is 15.9 Å². The molecule has 0 unspecified atom stereocenters. The third-order valence-corrected chi connectivity index (χ3v) is 4.03. The third kappa shape index (κ3) is 1.57. The minimum absolute atomic E-state index is 0.0730. The first-order chi connectivity index (χ1) is 8.70. The molecule has 0 aliphatic heterocycles. The number of carbonyl (C=O) groups excluding carboxylic acids is 1. The summed E-state index contributed by atoms with van der Waals surface area (Å²) in [5.41, 5.74) is 5.09. The summed E-state index contributed by atoms with van der Waals surface area (Å²) >= 11 is 3.45. The van der Waals surface area contributed by atoms with Crippen molar-refractivity contribution in [3.05, 3.63) is 75.3 Å². The van der Waals surface area contributed by atoms with Crippen LogP contribution in [0.25, 0.3) is 5.57 Å². The number of aryl methyl sites for hydroxylation is 1. The third-order valence-electron chi connectivity index (χ3n) is 3.27. The highest BCUT2D eigenvalue weighted by atomic mass is 79.9. The molecule has 0 spiro atoms. The molecule has 0 heterocycles. The second-order valence-corrected chi connectivity index (χ2v) is 5.17. The Morgan fingerprint density at radius 3 is 2.06 bits per heavy atom. The number of fused-ring (bicyclic) bond motifs is 1. The van der Waals surface area contributed by atoms with Crippen LogP contribution in [0.1, 0.15) is 27.0 Å². The normalized spacial score (nSPS) is 14.0. The van der Waals surface area contributed by atoms with Crippen LogP contribution in [-0.4, -0.2) is 5.78 Å². The Bertz CT molecular complexity index is 683. The molecule has 3 rings (SSSR count). The topological polar surface area (TPSA) is 17.1 Å². The lowest BCUT2D eigenvalue weighted by molar-refractivity contribution is 0.104. The molecule has 0 radical (unpaired) electrons. The molecule has 0 aromatic heterocycles. The maximum absolute atomic E-state index is 12.2. The summed E-state index contributed by atoms with van der Waals surface area (Å²) in [6.07, 6.45) is 0. The number of hydrogen-bond donors (Lipinski definition) is 0. The van der Waals surface area contributed by atoms with E-state index in [9.17, 15) is 4.79 Å². The number of carbonyl (C=O) groups is 1. The molecule has 2 aromatic rings. The van der Waals surface area contributed by atoms with Crippen LogP contribution in [0, 0.1) is 6.92 Å². The van der Waals surface area contributed by atoms with Gasteiger partial charge < -0.3 is 0 Å². The number of Topliss-reactive ketones (excluding diaryl/α,β-unsaturated/α-hetero) is 1. The molecule has 1 aliphatic rings. The predicted octanol–water partition coefficient (Wildman–Crippen LogP) is 4.35. The van der Waals surface area contributed by atoms with Crippen LogP contribution in [0.2, 0.25) is 0 Å². The van der Waals surface area contributed by atoms with Gasteiger partial charge in [-0.3, -0.25) is 4.79 Å². The van der Waals surface area contributed by atoms with E-state index in [-0.39, 0.29) is 5.78 Å². The van der Waals surface area contributed by atoms with Crippen LogP contribution in [-0.2, 0) is 0 Å². The van der Waals surface area contributed by atoms with E-state index in [2.05, 4.69) is 35.0 Å². The predicted molar refractivity (Wildman–Crippen MR) is 76.9 cm³/mol. The van der Waals surface area contributed by atoms with Crippen molar-refractivity contribution in [1.29, 1.82) is 0 Å². The SMILES string of the molecule is Cc1ccccc1C1=C(Br)C(=O)c2ccccc21. The molecule has 1 aliphatic carbocycles. The van der Waals surface area contributed by atoms with Gasteiger partial charge in [-0.25, -0.2) is 0 Å². The van der Waals surface area contributed by atoms with Crippen molar-refractivity contribution in [3.63, 3.8) is 0 Å². The summed E-state index contributed by atoms with van der Waals surface area (Å²) in [6.45, 7) is 2.06. The minimum Gasteiger partial charge on any atom is -0.288 e. The van der Waals surface area contributed by atoms with Gasteiger partial charge in [0.25, 0.3) is 0 Å². The zero-order valence-corrected chi connectivity index (χ0v) is 11.5. The summed E-state index contributed by atoms with van der Waals surface area (Å²) in [5.74, 6) is 0.0730. The average molecular weight is 299 g/mol. The van der Waals surface area contributed by atoms with Gasteiger partial charge in [0, 0.05) is 11.1 Å². The molecule has 0 N–H and O–H groups in total. The largest absolute Gasteiger partial charge is 0.288 e. The Kier molecular flexibility index (Phi) is 2.67. The van der Waals surface area contributed by atoms with Crippen LogP contribution in [0.3, 0.4) is 0 Å². The quantitative estimate of drug-likeness (QED) is 0.765. The number of benzene rings is 2. The Hall–Kier alpha value is -1.67. The van der Waals surface area contributed by atoms with Crippen molar-refractivity contribution in [1.82, 2.24) is 0 Å². The van der Waals surface area contributed by atoms with Gasteiger partial charge in [0.1, 0.15) is 0 Å². The van der Waals surface area contributed by atoms with E-state index in [0.717, 1.165) is 22.3 Å². The highest BCUT2D eigenvalue weighted by molar-refractivity contribution is 9.12. The van der Waals surface area contributed by atoms with E-state index >= 15 is 0 Å². The standard InChI is InChI=1S/C16H11BrO/c1-10-6-2-3-7-11(10)14-12-8-4-5-9-13(12)16(18)15(14)17/h2-9H,1H3. The minimum atomic E-state index is 0.0730. The smallest absolute Gasteiger partial charge is 0.201 e. The lowest BCUT2D eigenvalue weighted by Crippen LogP contribution is -1.92. The number of rotatable bonds is 1. The zero-order chi connectivity index (χ0) is 12.7. The van der Waals surface area contributed by atoms with E-state index < -0.39 is 0 Å². The molecular weight excluding hydrogens is 288 g/mol. The van der Waals surface area contributed by atoms with E-state index in [0.29, 0.717) is 4.48 Å². The summed E-state index contributed by atoms with van der Waals surface area (Å²) in [5, 5.41) is 0. The lowest BCUT2D eigenvalue weighted by Gasteiger charge is -2.08. The first-order valence-electron chi connectivity index (χ1n) is 5.80. The molecule has 0 amide bonds.